The van der Waals surface area contributed by atoms with Gasteiger partial charge in [0.15, 0.2) is 0 Å². The number of aliphatic hydroxyl groups is 3. The van der Waals surface area contributed by atoms with E-state index in [0.717, 1.165) is 0 Å². The predicted molar refractivity (Wildman–Crippen MR) is 36.3 cm³/mol. The summed E-state index contributed by atoms with van der Waals surface area (Å²) in [5, 5.41) is 26.7. The highest BCUT2D eigenvalue weighted by atomic mass is 16.3. The fourth-order valence-electron chi connectivity index (χ4n) is 0.862. The van der Waals surface area contributed by atoms with Gasteiger partial charge in [0.25, 0.3) is 0 Å². The van der Waals surface area contributed by atoms with Crippen LogP contribution in [0, 0.1) is 0 Å². The smallest absolute Gasteiger partial charge is 0.107 e. The van der Waals surface area contributed by atoms with Crippen LogP contribution < -0.4 is 0 Å². The van der Waals surface area contributed by atoms with Crippen molar-refractivity contribution in [2.75, 3.05) is 6.61 Å². The van der Waals surface area contributed by atoms with Crippen LogP contribution in [0.2, 0.25) is 0 Å². The first-order valence-electron chi connectivity index (χ1n) is 3.10. The molecule has 56 valence electrons. The van der Waals surface area contributed by atoms with Gasteiger partial charge in [-0.15, -0.1) is 0 Å². The van der Waals surface area contributed by atoms with E-state index in [-0.39, 0.29) is 6.61 Å². The molecule has 0 aliphatic heterocycles. The standard InChI is InChI=1S/C7H10O3/c8-4-5-2-1-3-6(9)7(5)10/h1-3,6-10H,4H2/t6-,7+/m1/s1. The molecule has 0 aromatic rings. The lowest BCUT2D eigenvalue weighted by Gasteiger charge is -2.19. The maximum Gasteiger partial charge on any atom is 0.107 e. The highest BCUT2D eigenvalue weighted by Gasteiger charge is 2.19. The Morgan fingerprint density at radius 1 is 1.40 bits per heavy atom. The summed E-state index contributed by atoms with van der Waals surface area (Å²) < 4.78 is 0. The second kappa shape index (κ2) is 2.96. The van der Waals surface area contributed by atoms with Crippen LogP contribution in [0.1, 0.15) is 0 Å². The second-order valence-corrected chi connectivity index (χ2v) is 2.22. The maximum atomic E-state index is 9.11. The van der Waals surface area contributed by atoms with E-state index in [2.05, 4.69) is 0 Å². The summed E-state index contributed by atoms with van der Waals surface area (Å²) in [6.07, 6.45) is 2.88. The molecule has 0 saturated heterocycles. The minimum atomic E-state index is -0.935. The molecule has 1 aliphatic carbocycles. The highest BCUT2D eigenvalue weighted by Crippen LogP contribution is 2.12. The Kier molecular flexibility index (Phi) is 2.21. The summed E-state index contributed by atoms with van der Waals surface area (Å²) in [5.74, 6) is 0. The topological polar surface area (TPSA) is 60.7 Å². The molecular weight excluding hydrogens is 132 g/mol. The van der Waals surface area contributed by atoms with Gasteiger partial charge in [-0.3, -0.25) is 0 Å². The third kappa shape index (κ3) is 1.26. The van der Waals surface area contributed by atoms with E-state index < -0.39 is 12.2 Å². The van der Waals surface area contributed by atoms with Crippen molar-refractivity contribution in [3.8, 4) is 0 Å². The molecule has 0 saturated carbocycles. The molecular formula is C7H10O3. The minimum absolute atomic E-state index is 0.206. The fraction of sp³-hybridized carbons (Fsp3) is 0.429. The number of hydrogen-bond acceptors (Lipinski definition) is 3. The lowest BCUT2D eigenvalue weighted by Crippen LogP contribution is -2.29. The van der Waals surface area contributed by atoms with Crippen molar-refractivity contribution in [2.24, 2.45) is 0 Å². The molecule has 1 rings (SSSR count). The normalized spacial score (nSPS) is 32.1. The van der Waals surface area contributed by atoms with E-state index in [4.69, 9.17) is 15.3 Å². The van der Waals surface area contributed by atoms with Crippen molar-refractivity contribution < 1.29 is 15.3 Å². The molecule has 0 aromatic carbocycles. The average molecular weight is 142 g/mol. The second-order valence-electron chi connectivity index (χ2n) is 2.22. The predicted octanol–water partition coefficient (Wildman–Crippen LogP) is -0.803. The van der Waals surface area contributed by atoms with Crippen LogP contribution >= 0.6 is 0 Å². The number of rotatable bonds is 1. The largest absolute Gasteiger partial charge is 0.392 e. The van der Waals surface area contributed by atoms with Crippen LogP contribution in [-0.4, -0.2) is 34.1 Å². The molecule has 3 nitrogen and oxygen atoms in total. The number of allylic oxidation sites excluding steroid dienone is 2. The molecule has 10 heavy (non-hydrogen) atoms. The molecule has 0 fully saturated rings. The molecule has 1 aliphatic rings. The van der Waals surface area contributed by atoms with Gasteiger partial charge in [-0.25, -0.2) is 0 Å². The van der Waals surface area contributed by atoms with Gasteiger partial charge in [0.2, 0.25) is 0 Å². The van der Waals surface area contributed by atoms with Gasteiger partial charge in [0.05, 0.1) is 6.61 Å². The minimum Gasteiger partial charge on any atom is -0.392 e. The first-order chi connectivity index (χ1) is 4.75. The Morgan fingerprint density at radius 2 is 2.10 bits per heavy atom. The third-order valence-corrected chi connectivity index (χ3v) is 1.50. The van der Waals surface area contributed by atoms with Gasteiger partial charge in [0, 0.05) is 0 Å². The first-order valence-corrected chi connectivity index (χ1v) is 3.10. The molecule has 0 unspecified atom stereocenters. The molecule has 0 bridgehead atoms. The van der Waals surface area contributed by atoms with E-state index in [1.807, 2.05) is 0 Å². The van der Waals surface area contributed by atoms with E-state index in [1.54, 1.807) is 12.2 Å². The molecule has 0 spiro atoms. The first kappa shape index (κ1) is 7.47. The summed E-state index contributed by atoms with van der Waals surface area (Å²) >= 11 is 0. The van der Waals surface area contributed by atoms with Crippen molar-refractivity contribution in [3.63, 3.8) is 0 Å². The zero-order valence-corrected chi connectivity index (χ0v) is 5.44. The summed E-state index contributed by atoms with van der Waals surface area (Å²) in [7, 11) is 0. The van der Waals surface area contributed by atoms with Crippen LogP contribution in [0.25, 0.3) is 0 Å². The Balaban J connectivity index is 2.71. The SMILES string of the molecule is OCC1=CC=C[C@@H](O)[C@H]1O. The molecule has 3 N–H and O–H groups in total. The lowest BCUT2D eigenvalue weighted by atomic mass is 10.0. The van der Waals surface area contributed by atoms with Crippen molar-refractivity contribution in [1.82, 2.24) is 0 Å². The van der Waals surface area contributed by atoms with Crippen LogP contribution in [0.5, 0.6) is 0 Å². The van der Waals surface area contributed by atoms with Crippen molar-refractivity contribution in [3.05, 3.63) is 23.8 Å². The molecule has 0 heterocycles. The zero-order valence-electron chi connectivity index (χ0n) is 5.44. The van der Waals surface area contributed by atoms with Gasteiger partial charge in [-0.2, -0.15) is 0 Å². The molecule has 0 radical (unpaired) electrons. The molecule has 2 atom stereocenters. The van der Waals surface area contributed by atoms with Crippen LogP contribution in [0.4, 0.5) is 0 Å². The number of hydrogen-bond donors (Lipinski definition) is 3. The summed E-state index contributed by atoms with van der Waals surface area (Å²) in [4.78, 5) is 0. The Morgan fingerprint density at radius 3 is 2.60 bits per heavy atom. The van der Waals surface area contributed by atoms with Crippen molar-refractivity contribution in [2.45, 2.75) is 12.2 Å². The van der Waals surface area contributed by atoms with Gasteiger partial charge in [0.1, 0.15) is 12.2 Å². The Labute approximate surface area is 58.9 Å². The van der Waals surface area contributed by atoms with Gasteiger partial charge < -0.3 is 15.3 Å². The lowest BCUT2D eigenvalue weighted by molar-refractivity contribution is 0.0637. The summed E-state index contributed by atoms with van der Waals surface area (Å²) in [6.45, 7) is -0.206. The van der Waals surface area contributed by atoms with Gasteiger partial charge in [-0.1, -0.05) is 18.2 Å². The number of aliphatic hydroxyl groups excluding tert-OH is 3. The quantitative estimate of drug-likeness (QED) is 0.449. The van der Waals surface area contributed by atoms with Crippen LogP contribution in [-0.2, 0) is 0 Å². The summed E-state index contributed by atoms with van der Waals surface area (Å²) in [6, 6.07) is 0. The van der Waals surface area contributed by atoms with Crippen LogP contribution in [0.15, 0.2) is 23.8 Å². The van der Waals surface area contributed by atoms with E-state index in [0.29, 0.717) is 5.57 Å². The van der Waals surface area contributed by atoms with E-state index in [9.17, 15) is 0 Å². The van der Waals surface area contributed by atoms with Crippen LogP contribution in [0.3, 0.4) is 0 Å². The van der Waals surface area contributed by atoms with Crippen molar-refractivity contribution >= 4 is 0 Å². The zero-order chi connectivity index (χ0) is 7.56. The fourth-order valence-corrected chi connectivity index (χ4v) is 0.862. The average Bonchev–Trinajstić information content (AvgIpc) is 1.95. The third-order valence-electron chi connectivity index (χ3n) is 1.50. The Hall–Kier alpha value is -0.640. The molecule has 3 heteroatoms. The van der Waals surface area contributed by atoms with E-state index >= 15 is 0 Å². The maximum absolute atomic E-state index is 9.11. The van der Waals surface area contributed by atoms with Crippen molar-refractivity contribution in [1.29, 1.82) is 0 Å². The van der Waals surface area contributed by atoms with E-state index in [1.165, 1.54) is 6.08 Å². The highest BCUT2D eigenvalue weighted by molar-refractivity contribution is 5.25. The molecule has 0 aromatic heterocycles. The monoisotopic (exact) mass is 142 g/mol. The van der Waals surface area contributed by atoms with Gasteiger partial charge in [-0.05, 0) is 5.57 Å². The molecule has 0 amide bonds. The van der Waals surface area contributed by atoms with Gasteiger partial charge >= 0.3 is 0 Å². The Bertz CT molecular complexity index is 172. The summed E-state index contributed by atoms with van der Waals surface area (Å²) in [5.41, 5.74) is 0.454.